The van der Waals surface area contributed by atoms with Crippen LogP contribution in [0.25, 0.3) is 0 Å². The second-order valence-electron chi connectivity index (χ2n) is 9.73. The van der Waals surface area contributed by atoms with Gasteiger partial charge in [-0.15, -0.1) is 12.3 Å². The van der Waals surface area contributed by atoms with Gasteiger partial charge in [0.1, 0.15) is 11.5 Å². The molecule has 0 saturated carbocycles. The van der Waals surface area contributed by atoms with Gasteiger partial charge in [-0.3, -0.25) is 0 Å². The molecule has 2 aromatic rings. The summed E-state index contributed by atoms with van der Waals surface area (Å²) in [5.41, 5.74) is 10.1. The summed E-state index contributed by atoms with van der Waals surface area (Å²) in [6, 6.07) is 6.90. The fourth-order valence-corrected chi connectivity index (χ4v) is 5.19. The molecule has 0 radical (unpaired) electrons. The fraction of sp³-hybridized carbons (Fsp3) is 0.517. The predicted molar refractivity (Wildman–Crippen MR) is 141 cm³/mol. The van der Waals surface area contributed by atoms with Crippen molar-refractivity contribution in [3.8, 4) is 23.8 Å². The van der Waals surface area contributed by atoms with Crippen molar-refractivity contribution in [3.05, 3.63) is 57.1 Å². The molecule has 1 aliphatic heterocycles. The Hall–Kier alpha value is -2.23. The van der Waals surface area contributed by atoms with E-state index >= 15 is 0 Å². The Balaban J connectivity index is 1.69. The maximum absolute atomic E-state index is 11.1. The van der Waals surface area contributed by atoms with Gasteiger partial charge in [-0.25, -0.2) is 0 Å². The molecule has 2 unspecified atom stereocenters. The van der Waals surface area contributed by atoms with Gasteiger partial charge in [0.05, 0.1) is 6.10 Å². The van der Waals surface area contributed by atoms with E-state index < -0.39 is 12.1 Å². The Bertz CT molecular complexity index is 1030. The zero-order valence-electron chi connectivity index (χ0n) is 20.6. The second kappa shape index (κ2) is 13.2. The quantitative estimate of drug-likeness (QED) is 0.262. The van der Waals surface area contributed by atoms with Crippen LogP contribution in [-0.2, 0) is 30.4 Å². The van der Waals surface area contributed by atoms with E-state index in [4.69, 9.17) is 28.5 Å². The van der Waals surface area contributed by atoms with E-state index in [1.807, 2.05) is 25.1 Å². The molecule has 1 fully saturated rings. The number of hydrogen-bond donors (Lipinski definition) is 4. The van der Waals surface area contributed by atoms with Crippen molar-refractivity contribution in [2.24, 2.45) is 11.7 Å². The van der Waals surface area contributed by atoms with Gasteiger partial charge in [-0.2, -0.15) is 0 Å². The van der Waals surface area contributed by atoms with E-state index in [-0.39, 0.29) is 24.3 Å². The number of aromatic hydroxyl groups is 2. The number of rotatable bonds is 11. The Labute approximate surface area is 214 Å². The topological polar surface area (TPSA) is 95.9 Å². The highest BCUT2D eigenvalue weighted by atomic mass is 35.5. The first kappa shape index (κ1) is 27.4. The van der Waals surface area contributed by atoms with E-state index in [1.54, 1.807) is 6.07 Å². The lowest BCUT2D eigenvalue weighted by molar-refractivity contribution is 0.0621. The van der Waals surface area contributed by atoms with Crippen molar-refractivity contribution in [2.75, 3.05) is 13.2 Å². The molecule has 0 aromatic heterocycles. The lowest BCUT2D eigenvalue weighted by Gasteiger charge is -2.24. The molecule has 5 nitrogen and oxygen atoms in total. The lowest BCUT2D eigenvalue weighted by atomic mass is 9.88. The van der Waals surface area contributed by atoms with Gasteiger partial charge in [0.25, 0.3) is 0 Å². The van der Waals surface area contributed by atoms with Gasteiger partial charge in [-0.1, -0.05) is 30.5 Å². The number of ether oxygens (including phenoxy) is 1. The zero-order chi connectivity index (χ0) is 25.4. The molecule has 2 aromatic carbocycles. The van der Waals surface area contributed by atoms with Crippen LogP contribution < -0.4 is 5.73 Å². The number of phenolic OH excluding ortho intramolecular Hbond substituents is 2. The largest absolute Gasteiger partial charge is 0.508 e. The Kier molecular flexibility index (Phi) is 10.3. The summed E-state index contributed by atoms with van der Waals surface area (Å²) in [6.07, 6.45) is 11.1. The van der Waals surface area contributed by atoms with Crippen LogP contribution in [0.1, 0.15) is 59.9 Å². The average molecular weight is 500 g/mol. The summed E-state index contributed by atoms with van der Waals surface area (Å²) in [7, 11) is 0. The number of aliphatic hydroxyl groups excluding tert-OH is 1. The third kappa shape index (κ3) is 7.62. The third-order valence-electron chi connectivity index (χ3n) is 7.22. The van der Waals surface area contributed by atoms with Crippen LogP contribution >= 0.6 is 11.6 Å². The van der Waals surface area contributed by atoms with Crippen LogP contribution in [0.15, 0.2) is 24.3 Å². The molecule has 3 rings (SSSR count). The highest BCUT2D eigenvalue weighted by Crippen LogP contribution is 2.36. The zero-order valence-corrected chi connectivity index (χ0v) is 21.4. The molecule has 0 amide bonds. The van der Waals surface area contributed by atoms with E-state index in [0.717, 1.165) is 50.0 Å². The van der Waals surface area contributed by atoms with E-state index in [9.17, 15) is 15.3 Å². The normalized spacial score (nSPS) is 16.1. The summed E-state index contributed by atoms with van der Waals surface area (Å²) in [5, 5.41) is 33.4. The SMILES string of the molecule is C#CCc1c(O)cc(CCc2ccc(Cl)cc2C)c(O)c1CC(O)C(N)CCCC1CCOCC1. The number of aliphatic hydroxyl groups is 1. The monoisotopic (exact) mass is 499 g/mol. The molecule has 5 N–H and O–H groups in total. The maximum atomic E-state index is 11.1. The van der Waals surface area contributed by atoms with Crippen LogP contribution in [0.3, 0.4) is 0 Å². The van der Waals surface area contributed by atoms with Crippen LogP contribution in [-0.4, -0.2) is 40.7 Å². The number of halogens is 1. The van der Waals surface area contributed by atoms with Crippen molar-refractivity contribution in [3.63, 3.8) is 0 Å². The molecule has 0 spiro atoms. The first-order valence-corrected chi connectivity index (χ1v) is 12.9. The third-order valence-corrected chi connectivity index (χ3v) is 7.45. The van der Waals surface area contributed by atoms with Crippen LogP contribution in [0.5, 0.6) is 11.5 Å². The molecule has 0 aliphatic carbocycles. The van der Waals surface area contributed by atoms with Gasteiger partial charge in [-0.05, 0) is 79.8 Å². The Morgan fingerprint density at radius 1 is 1.14 bits per heavy atom. The van der Waals surface area contributed by atoms with Crippen LogP contribution in [0, 0.1) is 25.2 Å². The molecule has 190 valence electrons. The van der Waals surface area contributed by atoms with Gasteiger partial charge in [0.15, 0.2) is 0 Å². The average Bonchev–Trinajstić information content (AvgIpc) is 2.84. The van der Waals surface area contributed by atoms with Crippen LogP contribution in [0.2, 0.25) is 5.02 Å². The second-order valence-corrected chi connectivity index (χ2v) is 10.2. The number of terminal acetylenes is 1. The molecule has 2 atom stereocenters. The molecule has 1 heterocycles. The molecular formula is C29H38ClNO4. The molecular weight excluding hydrogens is 462 g/mol. The summed E-state index contributed by atoms with van der Waals surface area (Å²) in [5.74, 6) is 3.33. The smallest absolute Gasteiger partial charge is 0.122 e. The van der Waals surface area contributed by atoms with Crippen molar-refractivity contribution >= 4 is 11.6 Å². The molecule has 35 heavy (non-hydrogen) atoms. The highest BCUT2D eigenvalue weighted by molar-refractivity contribution is 6.30. The number of aryl methyl sites for hydroxylation is 3. The summed E-state index contributed by atoms with van der Waals surface area (Å²) in [6.45, 7) is 3.65. The minimum atomic E-state index is -0.847. The minimum absolute atomic E-state index is 0.0406. The Morgan fingerprint density at radius 2 is 1.86 bits per heavy atom. The highest BCUT2D eigenvalue weighted by Gasteiger charge is 2.23. The summed E-state index contributed by atoms with van der Waals surface area (Å²) < 4.78 is 5.42. The number of phenols is 2. The van der Waals surface area contributed by atoms with Crippen molar-refractivity contribution in [1.29, 1.82) is 0 Å². The number of benzene rings is 2. The Morgan fingerprint density at radius 3 is 2.54 bits per heavy atom. The van der Waals surface area contributed by atoms with E-state index in [1.165, 1.54) is 0 Å². The van der Waals surface area contributed by atoms with E-state index in [2.05, 4.69) is 5.92 Å². The molecule has 6 heteroatoms. The van der Waals surface area contributed by atoms with E-state index in [0.29, 0.717) is 46.9 Å². The molecule has 1 aliphatic rings. The first-order valence-electron chi connectivity index (χ1n) is 12.6. The summed E-state index contributed by atoms with van der Waals surface area (Å²) >= 11 is 6.06. The summed E-state index contributed by atoms with van der Waals surface area (Å²) in [4.78, 5) is 0. The van der Waals surface area contributed by atoms with Crippen molar-refractivity contribution in [1.82, 2.24) is 0 Å². The minimum Gasteiger partial charge on any atom is -0.508 e. The molecule has 1 saturated heterocycles. The lowest BCUT2D eigenvalue weighted by Crippen LogP contribution is -2.36. The standard InChI is InChI=1S/C29H38ClNO4/c1-3-5-24-25(18-28(33)26(31)7-4-6-20-12-14-35-15-13-20)29(34)22(17-27(24)32)9-8-21-10-11-23(30)16-19(21)2/h1,10-11,16-17,20,26,28,32-34H,4-9,12-15,18,31H2,2H3. The number of hydrogen-bond acceptors (Lipinski definition) is 5. The number of nitrogens with two attached hydrogens (primary N) is 1. The van der Waals surface area contributed by atoms with Crippen LogP contribution in [0.4, 0.5) is 0 Å². The fourth-order valence-electron chi connectivity index (χ4n) is 4.96. The van der Waals surface area contributed by atoms with Crippen molar-refractivity contribution in [2.45, 2.75) is 76.9 Å². The van der Waals surface area contributed by atoms with Gasteiger partial charge >= 0.3 is 0 Å². The van der Waals surface area contributed by atoms with Crippen molar-refractivity contribution < 1.29 is 20.1 Å². The first-order chi connectivity index (χ1) is 16.8. The van der Waals surface area contributed by atoms with Gasteiger partial charge < -0.3 is 25.8 Å². The molecule has 0 bridgehead atoms. The van der Waals surface area contributed by atoms with Gasteiger partial charge in [0.2, 0.25) is 0 Å². The predicted octanol–water partition coefficient (Wildman–Crippen LogP) is 4.85. The maximum Gasteiger partial charge on any atom is 0.122 e. The van der Waals surface area contributed by atoms with Gasteiger partial charge in [0, 0.05) is 48.2 Å².